The summed E-state index contributed by atoms with van der Waals surface area (Å²) in [4.78, 5) is 24.2. The molecule has 2 aromatic heterocycles. The van der Waals surface area contributed by atoms with Crippen molar-refractivity contribution in [2.45, 2.75) is 19.9 Å². The van der Waals surface area contributed by atoms with E-state index in [1.54, 1.807) is 6.20 Å². The summed E-state index contributed by atoms with van der Waals surface area (Å²) in [5.41, 5.74) is 4.04. The maximum Gasteiger partial charge on any atom is 0.253 e. The normalized spacial score (nSPS) is 16.6. The molecule has 5 rings (SSSR count). The fraction of sp³-hybridized carbons (Fsp3) is 0.296. The molecular weight excluding hydrogens is 412 g/mol. The van der Waals surface area contributed by atoms with Crippen molar-refractivity contribution >= 4 is 16.8 Å². The zero-order valence-corrected chi connectivity index (χ0v) is 18.9. The van der Waals surface area contributed by atoms with Crippen molar-refractivity contribution in [2.24, 2.45) is 5.92 Å². The first-order valence-corrected chi connectivity index (χ1v) is 11.4. The second-order valence-electron chi connectivity index (χ2n) is 8.69. The van der Waals surface area contributed by atoms with Gasteiger partial charge in [-0.15, -0.1) is 0 Å². The molecule has 4 aromatic rings. The predicted octanol–water partition coefficient (Wildman–Crippen LogP) is 4.12. The number of aromatic nitrogens is 3. The summed E-state index contributed by atoms with van der Waals surface area (Å²) >= 11 is 0. The number of aryl methyl sites for hydroxylation is 1. The lowest BCUT2D eigenvalue weighted by atomic mass is 9.97. The van der Waals surface area contributed by atoms with E-state index in [1.807, 2.05) is 48.5 Å². The minimum atomic E-state index is 0.0609. The molecular formula is C27H28N4O2. The van der Waals surface area contributed by atoms with Crippen molar-refractivity contribution in [1.82, 2.24) is 19.4 Å². The molecule has 0 spiro atoms. The number of pyridine rings is 1. The number of fused-ring (bicyclic) bond motifs is 1. The molecule has 0 unspecified atom stereocenters. The second-order valence-corrected chi connectivity index (χ2v) is 8.69. The Morgan fingerprint density at radius 1 is 1.09 bits per heavy atom. The number of benzene rings is 2. The number of carbonyl (C=O) groups is 1. The van der Waals surface area contributed by atoms with Gasteiger partial charge in [0.05, 0.1) is 18.7 Å². The van der Waals surface area contributed by atoms with Crippen LogP contribution in [0.3, 0.4) is 0 Å². The molecule has 1 aliphatic heterocycles. The lowest BCUT2D eigenvalue weighted by molar-refractivity contribution is 0.0737. The SMILES string of the molecule is Cc1nccn1Cc1cccc(C(=O)N2CCOC[C@@H](Cc3cccc4cccnc34)C2)c1. The van der Waals surface area contributed by atoms with Crippen LogP contribution in [0.15, 0.2) is 73.2 Å². The summed E-state index contributed by atoms with van der Waals surface area (Å²) in [6, 6.07) is 18.3. The van der Waals surface area contributed by atoms with Gasteiger partial charge >= 0.3 is 0 Å². The highest BCUT2D eigenvalue weighted by Gasteiger charge is 2.24. The lowest BCUT2D eigenvalue weighted by Gasteiger charge is -2.24. The first kappa shape index (κ1) is 21.3. The van der Waals surface area contributed by atoms with E-state index in [4.69, 9.17) is 4.74 Å². The number of rotatable bonds is 5. The van der Waals surface area contributed by atoms with Gasteiger partial charge in [-0.1, -0.05) is 36.4 Å². The fourth-order valence-corrected chi connectivity index (χ4v) is 4.58. The van der Waals surface area contributed by atoms with E-state index < -0.39 is 0 Å². The number of para-hydroxylation sites is 1. The van der Waals surface area contributed by atoms with Crippen LogP contribution >= 0.6 is 0 Å². The average Bonchev–Trinajstić information content (AvgIpc) is 3.10. The zero-order valence-electron chi connectivity index (χ0n) is 18.9. The van der Waals surface area contributed by atoms with Crippen LogP contribution in [0.1, 0.15) is 27.3 Å². The Bertz CT molecular complexity index is 1260. The van der Waals surface area contributed by atoms with Crippen LogP contribution in [-0.2, 0) is 17.7 Å². The van der Waals surface area contributed by atoms with Crippen LogP contribution in [0.25, 0.3) is 10.9 Å². The third kappa shape index (κ3) is 4.81. The first-order chi connectivity index (χ1) is 16.2. The van der Waals surface area contributed by atoms with Crippen molar-refractivity contribution in [1.29, 1.82) is 0 Å². The van der Waals surface area contributed by atoms with Crippen LogP contribution in [0, 0.1) is 12.8 Å². The minimum Gasteiger partial charge on any atom is -0.379 e. The molecule has 0 saturated carbocycles. The molecule has 1 fully saturated rings. The van der Waals surface area contributed by atoms with E-state index in [1.165, 1.54) is 5.56 Å². The largest absolute Gasteiger partial charge is 0.379 e. The average molecular weight is 441 g/mol. The molecule has 0 radical (unpaired) electrons. The molecule has 33 heavy (non-hydrogen) atoms. The van der Waals surface area contributed by atoms with Crippen LogP contribution in [0.4, 0.5) is 0 Å². The van der Waals surface area contributed by atoms with Crippen molar-refractivity contribution < 1.29 is 9.53 Å². The van der Waals surface area contributed by atoms with Gasteiger partial charge in [-0.05, 0) is 42.7 Å². The maximum absolute atomic E-state index is 13.4. The van der Waals surface area contributed by atoms with Crippen LogP contribution in [0.2, 0.25) is 0 Å². The topological polar surface area (TPSA) is 60.2 Å². The van der Waals surface area contributed by atoms with Crippen molar-refractivity contribution in [2.75, 3.05) is 26.3 Å². The van der Waals surface area contributed by atoms with Crippen molar-refractivity contribution in [3.63, 3.8) is 0 Å². The van der Waals surface area contributed by atoms with Gasteiger partial charge in [0.1, 0.15) is 5.82 Å². The van der Waals surface area contributed by atoms with E-state index in [0.29, 0.717) is 32.8 Å². The number of amides is 1. The van der Waals surface area contributed by atoms with Gasteiger partial charge in [0, 0.05) is 55.1 Å². The second kappa shape index (κ2) is 9.55. The summed E-state index contributed by atoms with van der Waals surface area (Å²) in [5.74, 6) is 1.24. The smallest absolute Gasteiger partial charge is 0.253 e. The number of carbonyl (C=O) groups excluding carboxylic acids is 1. The molecule has 3 heterocycles. The van der Waals surface area contributed by atoms with E-state index in [-0.39, 0.29) is 11.8 Å². The summed E-state index contributed by atoms with van der Waals surface area (Å²) in [6.07, 6.45) is 6.43. The zero-order chi connectivity index (χ0) is 22.6. The molecule has 1 saturated heterocycles. The first-order valence-electron chi connectivity index (χ1n) is 11.4. The Morgan fingerprint density at radius 3 is 2.85 bits per heavy atom. The number of ether oxygens (including phenoxy) is 1. The van der Waals surface area contributed by atoms with Crippen LogP contribution in [-0.4, -0.2) is 51.6 Å². The van der Waals surface area contributed by atoms with Gasteiger partial charge in [-0.3, -0.25) is 9.78 Å². The van der Waals surface area contributed by atoms with Gasteiger partial charge in [-0.2, -0.15) is 0 Å². The Morgan fingerprint density at radius 2 is 1.97 bits per heavy atom. The Labute approximate surface area is 193 Å². The molecule has 0 aliphatic carbocycles. The van der Waals surface area contributed by atoms with E-state index in [9.17, 15) is 4.79 Å². The fourth-order valence-electron chi connectivity index (χ4n) is 4.58. The summed E-state index contributed by atoms with van der Waals surface area (Å²) < 4.78 is 7.97. The van der Waals surface area contributed by atoms with Crippen molar-refractivity contribution in [3.05, 3.63) is 95.7 Å². The van der Waals surface area contributed by atoms with E-state index in [0.717, 1.165) is 34.3 Å². The highest BCUT2D eigenvalue weighted by molar-refractivity contribution is 5.94. The summed E-state index contributed by atoms with van der Waals surface area (Å²) in [7, 11) is 0. The molecule has 0 N–H and O–H groups in total. The Hall–Kier alpha value is -3.51. The number of nitrogens with zero attached hydrogens (tertiary/aromatic N) is 4. The van der Waals surface area contributed by atoms with Gasteiger partial charge < -0.3 is 14.2 Å². The highest BCUT2D eigenvalue weighted by atomic mass is 16.5. The standard InChI is InChI=1S/C27H28N4O2/c1-20-28-11-12-30(20)17-21-5-2-8-25(15-21)27(32)31-13-14-33-19-22(18-31)16-24-7-3-6-23-9-4-10-29-26(23)24/h2-12,15,22H,13-14,16-19H2,1H3/t22-/m0/s1. The Balaban J connectivity index is 1.32. The number of hydrogen-bond acceptors (Lipinski definition) is 4. The molecule has 1 atom stereocenters. The van der Waals surface area contributed by atoms with E-state index in [2.05, 4.69) is 44.9 Å². The monoisotopic (exact) mass is 440 g/mol. The van der Waals surface area contributed by atoms with Crippen LogP contribution < -0.4 is 0 Å². The minimum absolute atomic E-state index is 0.0609. The molecule has 6 heteroatoms. The van der Waals surface area contributed by atoms with Gasteiger partial charge in [-0.25, -0.2) is 4.98 Å². The summed E-state index contributed by atoms with van der Waals surface area (Å²) in [5, 5.41) is 1.14. The maximum atomic E-state index is 13.4. The van der Waals surface area contributed by atoms with Gasteiger partial charge in [0.25, 0.3) is 5.91 Å². The molecule has 1 amide bonds. The molecule has 6 nitrogen and oxygen atoms in total. The molecule has 1 aliphatic rings. The third-order valence-electron chi connectivity index (χ3n) is 6.30. The molecule has 2 aromatic carbocycles. The lowest BCUT2D eigenvalue weighted by Crippen LogP contribution is -2.36. The van der Waals surface area contributed by atoms with E-state index >= 15 is 0 Å². The highest BCUT2D eigenvalue weighted by Crippen LogP contribution is 2.22. The third-order valence-corrected chi connectivity index (χ3v) is 6.30. The van der Waals surface area contributed by atoms with Gasteiger partial charge in [0.15, 0.2) is 0 Å². The summed E-state index contributed by atoms with van der Waals surface area (Å²) in [6.45, 7) is 5.17. The number of imidazole rings is 1. The number of hydrogen-bond donors (Lipinski definition) is 0. The Kier molecular flexibility index (Phi) is 6.17. The quantitative estimate of drug-likeness (QED) is 0.468. The molecule has 0 bridgehead atoms. The predicted molar refractivity (Wildman–Crippen MR) is 128 cm³/mol. The van der Waals surface area contributed by atoms with Gasteiger partial charge in [0.2, 0.25) is 0 Å². The van der Waals surface area contributed by atoms with Crippen LogP contribution in [0.5, 0.6) is 0 Å². The molecule has 168 valence electrons. The van der Waals surface area contributed by atoms with Crippen molar-refractivity contribution in [3.8, 4) is 0 Å².